The van der Waals surface area contributed by atoms with Crippen LogP contribution in [0.1, 0.15) is 47.5 Å². The maximum atomic E-state index is 12.1. The van der Waals surface area contributed by atoms with Crippen LogP contribution in [0.3, 0.4) is 0 Å². The predicted octanol–water partition coefficient (Wildman–Crippen LogP) is 1.89. The third-order valence-corrected chi connectivity index (χ3v) is 3.70. The Balaban J connectivity index is 5.13. The summed E-state index contributed by atoms with van der Waals surface area (Å²) in [5, 5.41) is 0. The van der Waals surface area contributed by atoms with Gasteiger partial charge < -0.3 is 18.9 Å². The maximum absolute atomic E-state index is 12.1. The molecule has 0 aromatic heterocycles. The molecule has 8 nitrogen and oxygen atoms in total. The van der Waals surface area contributed by atoms with E-state index in [1.807, 2.05) is 0 Å². The number of hydrogen-bond acceptors (Lipinski definition) is 8. The van der Waals surface area contributed by atoms with Gasteiger partial charge in [-0.05, 0) is 46.5 Å². The Morgan fingerprint density at radius 3 is 1.31 bits per heavy atom. The maximum Gasteiger partial charge on any atom is 0.320 e. The van der Waals surface area contributed by atoms with Gasteiger partial charge in [0, 0.05) is 0 Å². The molecule has 0 aromatic carbocycles. The van der Waals surface area contributed by atoms with Crippen molar-refractivity contribution in [1.29, 1.82) is 0 Å². The molecule has 0 N–H and O–H groups in total. The third-order valence-electron chi connectivity index (χ3n) is 3.70. The fraction of sp³-hybridized carbons (Fsp3) is 0.778. The van der Waals surface area contributed by atoms with E-state index in [9.17, 15) is 19.2 Å². The molecule has 150 valence electrons. The quantitative estimate of drug-likeness (QED) is 0.290. The molecule has 0 aromatic rings. The Labute approximate surface area is 154 Å². The van der Waals surface area contributed by atoms with Crippen molar-refractivity contribution < 1.29 is 38.1 Å². The highest BCUT2D eigenvalue weighted by Gasteiger charge is 2.37. The topological polar surface area (TPSA) is 105 Å². The Morgan fingerprint density at radius 1 is 0.615 bits per heavy atom. The number of carbonyl (C=O) groups is 4. The lowest BCUT2D eigenvalue weighted by Gasteiger charge is -2.22. The van der Waals surface area contributed by atoms with Gasteiger partial charge in [0.05, 0.1) is 26.4 Å². The average Bonchev–Trinajstić information content (AvgIpc) is 2.56. The van der Waals surface area contributed by atoms with Gasteiger partial charge in [-0.1, -0.05) is 6.92 Å². The van der Waals surface area contributed by atoms with E-state index in [1.165, 1.54) is 0 Å². The van der Waals surface area contributed by atoms with Gasteiger partial charge in [0.15, 0.2) is 11.8 Å². The van der Waals surface area contributed by atoms with Crippen LogP contribution in [0.4, 0.5) is 0 Å². The fourth-order valence-electron chi connectivity index (χ4n) is 2.44. The second kappa shape index (κ2) is 13.1. The standard InChI is InChI=1S/C18H30O8/c1-6-23-15(19)13(16(20)24-7-2)11-10-12(5)14(17(21)25-8-3)18(22)26-9-4/h12-14H,6-11H2,1-5H3. The minimum absolute atomic E-state index is 0.0914. The highest BCUT2D eigenvalue weighted by Crippen LogP contribution is 2.24. The number of hydrogen-bond donors (Lipinski definition) is 0. The van der Waals surface area contributed by atoms with E-state index >= 15 is 0 Å². The van der Waals surface area contributed by atoms with Crippen LogP contribution in [-0.2, 0) is 38.1 Å². The van der Waals surface area contributed by atoms with Crippen molar-refractivity contribution in [1.82, 2.24) is 0 Å². The summed E-state index contributed by atoms with van der Waals surface area (Å²) in [4.78, 5) is 48.2. The SMILES string of the molecule is CCOC(=O)C(CCC(C)C(C(=O)OCC)C(=O)OCC)C(=O)OCC. The largest absolute Gasteiger partial charge is 0.465 e. The van der Waals surface area contributed by atoms with Gasteiger partial charge in [0.2, 0.25) is 0 Å². The van der Waals surface area contributed by atoms with Crippen LogP contribution >= 0.6 is 0 Å². The van der Waals surface area contributed by atoms with Crippen LogP contribution in [0.5, 0.6) is 0 Å². The Kier molecular flexibility index (Phi) is 12.1. The Bertz CT molecular complexity index is 438. The second-order valence-electron chi connectivity index (χ2n) is 5.59. The average molecular weight is 374 g/mol. The van der Waals surface area contributed by atoms with Gasteiger partial charge in [-0.2, -0.15) is 0 Å². The molecule has 0 saturated carbocycles. The van der Waals surface area contributed by atoms with Crippen LogP contribution in [-0.4, -0.2) is 50.3 Å². The van der Waals surface area contributed by atoms with Crippen LogP contribution in [0.25, 0.3) is 0 Å². The molecule has 0 aliphatic rings. The second-order valence-corrected chi connectivity index (χ2v) is 5.59. The van der Waals surface area contributed by atoms with E-state index in [4.69, 9.17) is 18.9 Å². The molecule has 0 heterocycles. The molecule has 0 aliphatic heterocycles. The molecule has 0 aliphatic carbocycles. The van der Waals surface area contributed by atoms with Gasteiger partial charge in [-0.3, -0.25) is 19.2 Å². The summed E-state index contributed by atoms with van der Waals surface area (Å²) in [5.74, 6) is -5.41. The third kappa shape index (κ3) is 7.84. The van der Waals surface area contributed by atoms with E-state index in [0.29, 0.717) is 0 Å². The Morgan fingerprint density at radius 2 is 0.962 bits per heavy atom. The molecule has 0 amide bonds. The lowest BCUT2D eigenvalue weighted by Crippen LogP contribution is -2.35. The van der Waals surface area contributed by atoms with Crippen LogP contribution in [0, 0.1) is 17.8 Å². The molecule has 0 fully saturated rings. The highest BCUT2D eigenvalue weighted by molar-refractivity contribution is 5.96. The first kappa shape index (κ1) is 23.9. The number of ether oxygens (including phenoxy) is 4. The zero-order valence-corrected chi connectivity index (χ0v) is 16.2. The molecule has 0 spiro atoms. The molecule has 26 heavy (non-hydrogen) atoms. The van der Waals surface area contributed by atoms with Crippen LogP contribution < -0.4 is 0 Å². The van der Waals surface area contributed by atoms with Crippen molar-refractivity contribution in [3.05, 3.63) is 0 Å². The molecular formula is C18H30O8. The lowest BCUT2D eigenvalue weighted by molar-refractivity contribution is -0.164. The zero-order chi connectivity index (χ0) is 20.1. The van der Waals surface area contributed by atoms with Crippen molar-refractivity contribution >= 4 is 23.9 Å². The zero-order valence-electron chi connectivity index (χ0n) is 16.2. The molecule has 0 saturated heterocycles. The summed E-state index contributed by atoms with van der Waals surface area (Å²) in [7, 11) is 0. The van der Waals surface area contributed by atoms with Gasteiger partial charge >= 0.3 is 23.9 Å². The van der Waals surface area contributed by atoms with Crippen molar-refractivity contribution in [3.8, 4) is 0 Å². The summed E-state index contributed by atoms with van der Waals surface area (Å²) in [6.45, 7) is 8.78. The molecule has 1 atom stereocenters. The molecule has 1 unspecified atom stereocenters. The van der Waals surface area contributed by atoms with Crippen molar-refractivity contribution in [2.24, 2.45) is 17.8 Å². The van der Waals surface area contributed by atoms with Gasteiger partial charge in [-0.15, -0.1) is 0 Å². The van der Waals surface area contributed by atoms with Crippen molar-refractivity contribution in [2.45, 2.75) is 47.5 Å². The van der Waals surface area contributed by atoms with Crippen LogP contribution in [0.2, 0.25) is 0 Å². The number of esters is 4. The monoisotopic (exact) mass is 374 g/mol. The fourth-order valence-corrected chi connectivity index (χ4v) is 2.44. The minimum Gasteiger partial charge on any atom is -0.465 e. The first-order valence-electron chi connectivity index (χ1n) is 9.00. The summed E-state index contributed by atoms with van der Waals surface area (Å²) in [5.41, 5.74) is 0. The molecule has 0 radical (unpaired) electrons. The minimum atomic E-state index is -1.11. The first-order valence-corrected chi connectivity index (χ1v) is 9.00. The number of rotatable bonds is 12. The van der Waals surface area contributed by atoms with Gasteiger partial charge in [-0.25, -0.2) is 0 Å². The van der Waals surface area contributed by atoms with E-state index in [1.54, 1.807) is 34.6 Å². The molecule has 8 heteroatoms. The predicted molar refractivity (Wildman–Crippen MR) is 91.9 cm³/mol. The van der Waals surface area contributed by atoms with Gasteiger partial charge in [0.25, 0.3) is 0 Å². The number of carbonyl (C=O) groups excluding carboxylic acids is 4. The van der Waals surface area contributed by atoms with E-state index in [-0.39, 0.29) is 39.3 Å². The Hall–Kier alpha value is -2.12. The van der Waals surface area contributed by atoms with E-state index in [2.05, 4.69) is 0 Å². The highest BCUT2D eigenvalue weighted by atomic mass is 16.6. The summed E-state index contributed by atoms with van der Waals surface area (Å²) in [6.07, 6.45) is 0.332. The smallest absolute Gasteiger partial charge is 0.320 e. The molecule has 0 bridgehead atoms. The summed E-state index contributed by atoms with van der Waals surface area (Å²) >= 11 is 0. The van der Waals surface area contributed by atoms with Gasteiger partial charge in [0.1, 0.15) is 0 Å². The normalized spacial score (nSPS) is 11.8. The van der Waals surface area contributed by atoms with Crippen LogP contribution in [0.15, 0.2) is 0 Å². The van der Waals surface area contributed by atoms with Crippen molar-refractivity contribution in [2.75, 3.05) is 26.4 Å². The van der Waals surface area contributed by atoms with Crippen molar-refractivity contribution in [3.63, 3.8) is 0 Å². The summed E-state index contributed by atoms with van der Waals surface area (Å²) in [6, 6.07) is 0. The van der Waals surface area contributed by atoms with E-state index in [0.717, 1.165) is 0 Å². The first-order chi connectivity index (χ1) is 12.3. The lowest BCUT2D eigenvalue weighted by atomic mass is 9.87. The molecular weight excluding hydrogens is 344 g/mol. The van der Waals surface area contributed by atoms with E-state index < -0.39 is 41.6 Å². The molecule has 0 rings (SSSR count). The summed E-state index contributed by atoms with van der Waals surface area (Å²) < 4.78 is 19.7.